The van der Waals surface area contributed by atoms with Gasteiger partial charge in [-0.1, -0.05) is 42.4 Å². The van der Waals surface area contributed by atoms with Crippen LogP contribution in [0.3, 0.4) is 0 Å². The molecule has 8 nitrogen and oxygen atoms in total. The second-order valence-corrected chi connectivity index (χ2v) is 12.6. The number of ketones is 1. The third-order valence-corrected chi connectivity index (χ3v) is 10.0. The maximum Gasteiger partial charge on any atom is 0.274 e. The summed E-state index contributed by atoms with van der Waals surface area (Å²) in [5.41, 5.74) is 0.536. The molecular formula is C24H33N3O5S3. The molecule has 0 aromatic carbocycles. The quantitative estimate of drug-likeness (QED) is 0.310. The normalized spacial score (nSPS) is 28.1. The van der Waals surface area contributed by atoms with Crippen LogP contribution in [0, 0.1) is 9.87 Å². The zero-order valence-electron chi connectivity index (χ0n) is 19.8. The molecule has 11 heteroatoms. The maximum atomic E-state index is 13.8. The molecule has 0 amide bonds. The van der Waals surface area contributed by atoms with E-state index in [1.54, 1.807) is 0 Å². The summed E-state index contributed by atoms with van der Waals surface area (Å²) in [5.74, 6) is -0.0503. The van der Waals surface area contributed by atoms with Crippen LogP contribution in [0.1, 0.15) is 70.3 Å². The van der Waals surface area contributed by atoms with Crippen LogP contribution >= 0.6 is 35.3 Å². The number of fused-ring (bicyclic) bond motifs is 1. The van der Waals surface area contributed by atoms with E-state index in [-0.39, 0.29) is 41.6 Å². The molecule has 2 saturated carbocycles. The van der Waals surface area contributed by atoms with E-state index in [1.807, 2.05) is 9.13 Å². The van der Waals surface area contributed by atoms with Crippen molar-refractivity contribution in [2.24, 2.45) is 5.92 Å². The number of rotatable bonds is 7. The van der Waals surface area contributed by atoms with E-state index in [1.165, 1.54) is 29.5 Å². The Morgan fingerprint density at radius 1 is 1.11 bits per heavy atom. The molecule has 4 atom stereocenters. The summed E-state index contributed by atoms with van der Waals surface area (Å²) in [6.07, 6.45) is 6.95. The molecule has 192 valence electrons. The Morgan fingerprint density at radius 3 is 2.63 bits per heavy atom. The van der Waals surface area contributed by atoms with Crippen molar-refractivity contribution in [1.29, 1.82) is 0 Å². The maximum absolute atomic E-state index is 13.8. The standard InChI is InChI=1S/C24H33N3O5S3/c28-17-9-8-14(11-18(17)29)19(30)13-34-23-25-21-20(22(31)27(23)15-5-2-1-3-6-15)35-24(33)26(21)12-16-7-4-10-32-16/h14-18,28-29H,1-13H2. The Balaban J connectivity index is 1.46. The molecular weight excluding hydrogens is 506 g/mol. The number of aromatic nitrogens is 3. The molecule has 2 N–H and O–H groups in total. The minimum Gasteiger partial charge on any atom is -0.390 e. The monoisotopic (exact) mass is 539 g/mol. The van der Waals surface area contributed by atoms with Gasteiger partial charge in [-0.3, -0.25) is 14.2 Å². The molecule has 0 radical (unpaired) electrons. The summed E-state index contributed by atoms with van der Waals surface area (Å²) in [5, 5.41) is 20.4. The highest BCUT2D eigenvalue weighted by molar-refractivity contribution is 7.99. The van der Waals surface area contributed by atoms with Crippen molar-refractivity contribution in [3.8, 4) is 0 Å². The lowest BCUT2D eigenvalue weighted by atomic mass is 9.83. The molecule has 1 aliphatic heterocycles. The summed E-state index contributed by atoms with van der Waals surface area (Å²) < 4.78 is 10.8. The van der Waals surface area contributed by atoms with E-state index in [0.29, 0.717) is 38.8 Å². The molecule has 3 heterocycles. The van der Waals surface area contributed by atoms with Crippen LogP contribution in [0.15, 0.2) is 9.95 Å². The number of Topliss-reactive ketones (excluding diaryl/α,β-unsaturated/α-hetero) is 1. The lowest BCUT2D eigenvalue weighted by Gasteiger charge is -2.29. The van der Waals surface area contributed by atoms with Gasteiger partial charge in [-0.05, 0) is 57.2 Å². The topological polar surface area (TPSA) is 107 Å². The van der Waals surface area contributed by atoms with Gasteiger partial charge in [-0.25, -0.2) is 4.98 Å². The fourth-order valence-electron chi connectivity index (χ4n) is 5.58. The first-order chi connectivity index (χ1) is 16.9. The van der Waals surface area contributed by atoms with Gasteiger partial charge in [0.15, 0.2) is 14.8 Å². The van der Waals surface area contributed by atoms with Crippen LogP contribution in [-0.4, -0.2) is 60.8 Å². The Labute approximate surface area is 217 Å². The Bertz CT molecular complexity index is 1180. The molecule has 0 spiro atoms. The second-order valence-electron chi connectivity index (χ2n) is 10.0. The van der Waals surface area contributed by atoms with Crippen LogP contribution in [0.5, 0.6) is 0 Å². The minimum absolute atomic E-state index is 0.0343. The zero-order chi connectivity index (χ0) is 24.5. The van der Waals surface area contributed by atoms with Gasteiger partial charge in [-0.15, -0.1) is 0 Å². The first-order valence-electron chi connectivity index (χ1n) is 12.7. The fraction of sp³-hybridized carbons (Fsp3) is 0.750. The number of ether oxygens (including phenoxy) is 1. The number of carbonyl (C=O) groups is 1. The summed E-state index contributed by atoms with van der Waals surface area (Å²) in [6, 6.07) is 0.0830. The van der Waals surface area contributed by atoms with E-state index in [9.17, 15) is 19.8 Å². The molecule has 0 bridgehead atoms. The molecule has 35 heavy (non-hydrogen) atoms. The third-order valence-electron chi connectivity index (χ3n) is 7.62. The first-order valence-corrected chi connectivity index (χ1v) is 14.9. The summed E-state index contributed by atoms with van der Waals surface area (Å²) in [7, 11) is 0. The van der Waals surface area contributed by atoms with E-state index < -0.39 is 12.2 Å². The van der Waals surface area contributed by atoms with Gasteiger partial charge in [0, 0.05) is 18.6 Å². The van der Waals surface area contributed by atoms with Crippen molar-refractivity contribution >= 4 is 51.4 Å². The largest absolute Gasteiger partial charge is 0.390 e. The van der Waals surface area contributed by atoms with Crippen molar-refractivity contribution in [2.75, 3.05) is 12.4 Å². The van der Waals surface area contributed by atoms with Gasteiger partial charge in [-0.2, -0.15) is 0 Å². The number of aliphatic hydroxyl groups excluding tert-OH is 2. The van der Waals surface area contributed by atoms with Crippen molar-refractivity contribution in [3.05, 3.63) is 14.3 Å². The van der Waals surface area contributed by atoms with Gasteiger partial charge >= 0.3 is 0 Å². The molecule has 3 aliphatic rings. The first kappa shape index (κ1) is 25.5. The Hall–Kier alpha value is -1.11. The lowest BCUT2D eigenvalue weighted by molar-refractivity contribution is -0.124. The van der Waals surface area contributed by atoms with E-state index >= 15 is 0 Å². The predicted molar refractivity (Wildman–Crippen MR) is 139 cm³/mol. The molecule has 5 rings (SSSR count). The van der Waals surface area contributed by atoms with Crippen LogP contribution in [0.2, 0.25) is 0 Å². The smallest absolute Gasteiger partial charge is 0.274 e. The number of thiazole rings is 1. The summed E-state index contributed by atoms with van der Waals surface area (Å²) in [4.78, 5) is 31.7. The third kappa shape index (κ3) is 5.45. The van der Waals surface area contributed by atoms with Gasteiger partial charge in [0.05, 0.1) is 30.6 Å². The van der Waals surface area contributed by atoms with Crippen molar-refractivity contribution in [3.63, 3.8) is 0 Å². The second kappa shape index (κ2) is 11.1. The predicted octanol–water partition coefficient (Wildman–Crippen LogP) is 3.86. The van der Waals surface area contributed by atoms with Gasteiger partial charge in [0.2, 0.25) is 0 Å². The number of hydrogen-bond donors (Lipinski definition) is 2. The number of hydrogen-bond acceptors (Lipinski definition) is 9. The Morgan fingerprint density at radius 2 is 1.91 bits per heavy atom. The summed E-state index contributed by atoms with van der Waals surface area (Å²) in [6.45, 7) is 1.34. The van der Waals surface area contributed by atoms with Crippen LogP contribution in [0.4, 0.5) is 0 Å². The highest BCUT2D eigenvalue weighted by atomic mass is 32.2. The van der Waals surface area contributed by atoms with Gasteiger partial charge in [0.1, 0.15) is 10.5 Å². The number of aliphatic hydroxyl groups is 2. The molecule has 2 aromatic rings. The summed E-state index contributed by atoms with van der Waals surface area (Å²) >= 11 is 8.28. The molecule has 2 aromatic heterocycles. The van der Waals surface area contributed by atoms with E-state index in [0.717, 1.165) is 45.1 Å². The highest BCUT2D eigenvalue weighted by Crippen LogP contribution is 2.33. The highest BCUT2D eigenvalue weighted by Gasteiger charge is 2.32. The number of nitrogens with zero attached hydrogens (tertiary/aromatic N) is 3. The molecule has 2 aliphatic carbocycles. The zero-order valence-corrected chi connectivity index (χ0v) is 22.2. The average molecular weight is 540 g/mol. The average Bonchev–Trinajstić information content (AvgIpc) is 3.48. The van der Waals surface area contributed by atoms with E-state index in [2.05, 4.69) is 0 Å². The van der Waals surface area contributed by atoms with Crippen molar-refractivity contribution in [2.45, 2.75) is 100 Å². The van der Waals surface area contributed by atoms with Crippen LogP contribution in [-0.2, 0) is 16.1 Å². The van der Waals surface area contributed by atoms with E-state index in [4.69, 9.17) is 21.9 Å². The molecule has 3 fully saturated rings. The van der Waals surface area contributed by atoms with Crippen LogP contribution < -0.4 is 5.56 Å². The lowest BCUT2D eigenvalue weighted by Crippen LogP contribution is -2.37. The SMILES string of the molecule is O=C(CSc1nc2c(sc(=S)n2CC2CCCO2)c(=O)n1C1CCCCC1)C1CCC(O)C(O)C1. The van der Waals surface area contributed by atoms with Gasteiger partial charge < -0.3 is 19.5 Å². The van der Waals surface area contributed by atoms with Crippen molar-refractivity contribution in [1.82, 2.24) is 14.1 Å². The number of carbonyl (C=O) groups excluding carboxylic acids is 1. The molecule has 1 saturated heterocycles. The van der Waals surface area contributed by atoms with Gasteiger partial charge in [0.25, 0.3) is 5.56 Å². The Kier molecular flexibility index (Phi) is 8.10. The number of thioether (sulfide) groups is 1. The molecule has 4 unspecified atom stereocenters. The van der Waals surface area contributed by atoms with Crippen LogP contribution in [0.25, 0.3) is 10.3 Å². The minimum atomic E-state index is -0.856. The van der Waals surface area contributed by atoms with Crippen molar-refractivity contribution < 1.29 is 19.7 Å². The fourth-order valence-corrected chi connectivity index (χ4v) is 7.90.